The molecule has 4 rings (SSSR count). The predicted molar refractivity (Wildman–Crippen MR) is 174 cm³/mol. The van der Waals surface area contributed by atoms with E-state index in [-0.39, 0.29) is 30.5 Å². The molecular formula is C35H47N5O5. The molecule has 0 saturated carbocycles. The number of nitrogens with one attached hydrogen (secondary N) is 3. The molecule has 3 aromatic rings. The molecule has 1 fully saturated rings. The third-order valence-corrected chi connectivity index (χ3v) is 8.07. The molecule has 0 spiro atoms. The topological polar surface area (TPSA) is 144 Å². The fourth-order valence-electron chi connectivity index (χ4n) is 5.67. The van der Waals surface area contributed by atoms with Gasteiger partial charge in [-0.2, -0.15) is 0 Å². The first-order valence-corrected chi connectivity index (χ1v) is 15.7. The molecule has 1 aromatic heterocycles. The molecule has 45 heavy (non-hydrogen) atoms. The number of benzene rings is 2. The highest BCUT2D eigenvalue weighted by molar-refractivity contribution is 5.98. The van der Waals surface area contributed by atoms with Crippen LogP contribution < -0.4 is 16.0 Å². The average molecular weight is 618 g/mol. The van der Waals surface area contributed by atoms with Crippen LogP contribution in [0, 0.1) is 5.92 Å². The van der Waals surface area contributed by atoms with Crippen LogP contribution in [0.15, 0.2) is 66.7 Å². The molecule has 5 atom stereocenters. The Kier molecular flexibility index (Phi) is 11.3. The minimum atomic E-state index is -1.04. The maximum absolute atomic E-state index is 13.8. The third kappa shape index (κ3) is 9.56. The van der Waals surface area contributed by atoms with Crippen LogP contribution in [0.3, 0.4) is 0 Å². The van der Waals surface area contributed by atoms with Crippen LogP contribution in [0.2, 0.25) is 0 Å². The molecule has 5 N–H and O–H groups in total. The zero-order valence-corrected chi connectivity index (χ0v) is 26.9. The van der Waals surface area contributed by atoms with Gasteiger partial charge in [0.2, 0.25) is 11.8 Å². The van der Waals surface area contributed by atoms with Gasteiger partial charge in [0.05, 0.1) is 29.8 Å². The number of likely N-dealkylation sites (tertiary alicyclic amines) is 1. The van der Waals surface area contributed by atoms with Crippen LogP contribution in [-0.2, 0) is 16.0 Å². The zero-order chi connectivity index (χ0) is 32.7. The molecule has 242 valence electrons. The van der Waals surface area contributed by atoms with Gasteiger partial charge >= 0.3 is 0 Å². The Morgan fingerprint density at radius 3 is 2.36 bits per heavy atom. The van der Waals surface area contributed by atoms with Gasteiger partial charge in [0.15, 0.2) is 0 Å². The number of β-amino-alcohol motifs (C(OH)–C–C–N with tert-alkyl or cyclic N) is 1. The molecule has 10 nitrogen and oxygen atoms in total. The fraction of sp³-hybridized carbons (Fsp3) is 0.486. The van der Waals surface area contributed by atoms with Gasteiger partial charge < -0.3 is 26.2 Å². The second kappa shape index (κ2) is 14.9. The van der Waals surface area contributed by atoms with Gasteiger partial charge in [-0.05, 0) is 63.6 Å². The van der Waals surface area contributed by atoms with Gasteiger partial charge in [0.1, 0.15) is 11.7 Å². The second-order valence-electron chi connectivity index (χ2n) is 13.4. The van der Waals surface area contributed by atoms with Crippen LogP contribution >= 0.6 is 0 Å². The summed E-state index contributed by atoms with van der Waals surface area (Å²) in [5.74, 6) is -1.34. The molecule has 0 unspecified atom stereocenters. The Morgan fingerprint density at radius 2 is 1.67 bits per heavy atom. The first-order chi connectivity index (χ1) is 21.3. The molecule has 1 aliphatic rings. The molecular weight excluding hydrogens is 570 g/mol. The Balaban J connectivity index is 1.51. The Bertz CT molecular complexity index is 1460. The monoisotopic (exact) mass is 617 g/mol. The van der Waals surface area contributed by atoms with E-state index >= 15 is 0 Å². The highest BCUT2D eigenvalue weighted by atomic mass is 16.3. The molecule has 3 amide bonds. The van der Waals surface area contributed by atoms with Crippen LogP contribution in [0.1, 0.15) is 63.5 Å². The average Bonchev–Trinajstić information content (AvgIpc) is 2.99. The lowest BCUT2D eigenvalue weighted by Crippen LogP contribution is -2.60. The maximum atomic E-state index is 13.8. The number of aromatic nitrogens is 1. The van der Waals surface area contributed by atoms with E-state index in [0.29, 0.717) is 24.9 Å². The van der Waals surface area contributed by atoms with Crippen LogP contribution in [0.25, 0.3) is 10.9 Å². The molecule has 2 heterocycles. The number of rotatable bonds is 11. The summed E-state index contributed by atoms with van der Waals surface area (Å²) in [5.41, 5.74) is 1.36. The van der Waals surface area contributed by atoms with E-state index in [0.717, 1.165) is 10.9 Å². The second-order valence-corrected chi connectivity index (χ2v) is 13.4. The van der Waals surface area contributed by atoms with Crippen molar-refractivity contribution in [2.24, 2.45) is 5.92 Å². The molecule has 10 heteroatoms. The van der Waals surface area contributed by atoms with E-state index < -0.39 is 47.7 Å². The number of carbonyl (C=O) groups is 3. The van der Waals surface area contributed by atoms with Crippen molar-refractivity contribution in [1.29, 1.82) is 0 Å². The van der Waals surface area contributed by atoms with E-state index in [2.05, 4.69) is 20.9 Å². The molecule has 0 aliphatic carbocycles. The first-order valence-electron chi connectivity index (χ1n) is 15.7. The van der Waals surface area contributed by atoms with Crippen molar-refractivity contribution in [2.45, 2.75) is 89.8 Å². The zero-order valence-electron chi connectivity index (χ0n) is 26.9. The van der Waals surface area contributed by atoms with Crippen LogP contribution in [0.4, 0.5) is 0 Å². The lowest BCUT2D eigenvalue weighted by Gasteiger charge is -2.40. The number of fused-ring (bicyclic) bond motifs is 1. The molecule has 2 aromatic carbocycles. The first kappa shape index (κ1) is 34.0. The van der Waals surface area contributed by atoms with E-state index in [1.54, 1.807) is 6.07 Å². The number of hydrogen-bond acceptors (Lipinski definition) is 7. The summed E-state index contributed by atoms with van der Waals surface area (Å²) in [6.07, 6.45) is -0.573. The van der Waals surface area contributed by atoms with Crippen molar-refractivity contribution in [3.05, 3.63) is 78.0 Å². The van der Waals surface area contributed by atoms with Gasteiger partial charge in [-0.3, -0.25) is 19.3 Å². The number of aliphatic hydroxyl groups is 2. The van der Waals surface area contributed by atoms with Gasteiger partial charge in [-0.15, -0.1) is 0 Å². The van der Waals surface area contributed by atoms with Crippen molar-refractivity contribution in [3.63, 3.8) is 0 Å². The third-order valence-electron chi connectivity index (χ3n) is 8.07. The summed E-state index contributed by atoms with van der Waals surface area (Å²) in [7, 11) is 0. The highest BCUT2D eigenvalue weighted by Gasteiger charge is 2.37. The van der Waals surface area contributed by atoms with Crippen LogP contribution in [0.5, 0.6) is 0 Å². The van der Waals surface area contributed by atoms with Gasteiger partial charge in [-0.25, -0.2) is 4.98 Å². The highest BCUT2D eigenvalue weighted by Crippen LogP contribution is 2.21. The van der Waals surface area contributed by atoms with E-state index in [1.165, 1.54) is 0 Å². The van der Waals surface area contributed by atoms with Crippen molar-refractivity contribution >= 4 is 28.6 Å². The summed E-state index contributed by atoms with van der Waals surface area (Å²) in [4.78, 5) is 46.5. The standard InChI is InChI=1S/C35H47N5O5/c1-22(2)31(38-32(43)27-16-15-24-13-9-10-14-26(24)36-27)34(45)37-28(19-23-11-7-6-8-12-23)30(42)21-40-18-17-25(41)20-29(40)33(44)39-35(3,4)5/h6-16,22,25,28-31,41-42H,17-21H2,1-5H3,(H,37,45)(H,38,43)(H,39,44)/t25-,28+,29+,30-,31+/m1/s1. The molecule has 0 radical (unpaired) electrons. The number of hydrogen-bond donors (Lipinski definition) is 5. The number of carbonyl (C=O) groups excluding carboxylic acids is 3. The Morgan fingerprint density at radius 1 is 0.978 bits per heavy atom. The van der Waals surface area contributed by atoms with Crippen molar-refractivity contribution in [3.8, 4) is 0 Å². The summed E-state index contributed by atoms with van der Waals surface area (Å²) in [6.45, 7) is 9.93. The minimum absolute atomic E-state index is 0.118. The quantitative estimate of drug-likeness (QED) is 0.223. The molecule has 1 aliphatic heterocycles. The number of piperidine rings is 1. The Labute approximate surface area is 265 Å². The van der Waals surface area contributed by atoms with Gasteiger partial charge in [-0.1, -0.05) is 68.4 Å². The Hall–Kier alpha value is -3.86. The van der Waals surface area contributed by atoms with Crippen molar-refractivity contribution in [2.75, 3.05) is 13.1 Å². The lowest BCUT2D eigenvalue weighted by atomic mass is 9.94. The largest absolute Gasteiger partial charge is 0.393 e. The van der Waals surface area contributed by atoms with Crippen molar-refractivity contribution < 1.29 is 24.6 Å². The normalized spacial score (nSPS) is 19.5. The fourth-order valence-corrected chi connectivity index (χ4v) is 5.67. The predicted octanol–water partition coefficient (Wildman–Crippen LogP) is 2.82. The van der Waals surface area contributed by atoms with E-state index in [9.17, 15) is 24.6 Å². The number of para-hydroxylation sites is 1. The van der Waals surface area contributed by atoms with E-state index in [1.807, 2.05) is 100 Å². The number of aliphatic hydroxyl groups excluding tert-OH is 2. The minimum Gasteiger partial charge on any atom is -0.393 e. The SMILES string of the molecule is CC(C)[C@H](NC(=O)c1ccc2ccccc2n1)C(=O)N[C@@H](Cc1ccccc1)[C@H](O)CN1CC[C@@H](O)C[C@H]1C(=O)NC(C)(C)C. The number of nitrogens with zero attached hydrogens (tertiary/aromatic N) is 2. The lowest BCUT2D eigenvalue weighted by molar-refractivity contribution is -0.132. The number of pyridine rings is 1. The summed E-state index contributed by atoms with van der Waals surface area (Å²) in [6, 6.07) is 18.3. The molecule has 0 bridgehead atoms. The molecule has 1 saturated heterocycles. The van der Waals surface area contributed by atoms with Gasteiger partial charge in [0.25, 0.3) is 5.91 Å². The summed E-state index contributed by atoms with van der Waals surface area (Å²) in [5, 5.41) is 31.7. The smallest absolute Gasteiger partial charge is 0.270 e. The maximum Gasteiger partial charge on any atom is 0.270 e. The van der Waals surface area contributed by atoms with E-state index in [4.69, 9.17) is 0 Å². The number of amides is 3. The summed E-state index contributed by atoms with van der Waals surface area (Å²) >= 11 is 0. The van der Waals surface area contributed by atoms with Crippen molar-refractivity contribution in [1.82, 2.24) is 25.8 Å². The van der Waals surface area contributed by atoms with Gasteiger partial charge in [0, 0.05) is 24.0 Å². The summed E-state index contributed by atoms with van der Waals surface area (Å²) < 4.78 is 0. The van der Waals surface area contributed by atoms with Crippen LogP contribution in [-0.4, -0.2) is 86.8 Å².